The average Bonchev–Trinajstić information content (AvgIpc) is 3.29. The van der Waals surface area contributed by atoms with Gasteiger partial charge in [-0.1, -0.05) is 0 Å². The first-order valence-corrected chi connectivity index (χ1v) is 7.59. The molecule has 1 saturated carbocycles. The zero-order chi connectivity index (χ0) is 15.7. The number of nitrogens with zero attached hydrogens (tertiary/aromatic N) is 3. The van der Waals surface area contributed by atoms with Gasteiger partial charge in [-0.05, 0) is 50.8 Å². The van der Waals surface area contributed by atoms with E-state index in [9.17, 15) is 4.79 Å². The van der Waals surface area contributed by atoms with Crippen molar-refractivity contribution in [3.8, 4) is 5.82 Å². The van der Waals surface area contributed by atoms with Crippen LogP contribution in [-0.2, 0) is 0 Å². The largest absolute Gasteiger partial charge is 0.348 e. The van der Waals surface area contributed by atoms with Crippen molar-refractivity contribution < 1.29 is 4.79 Å². The molecule has 1 amide bonds. The third kappa shape index (κ3) is 3.01. The molecule has 3 N–H and O–H groups in total. The van der Waals surface area contributed by atoms with E-state index >= 15 is 0 Å². The highest BCUT2D eigenvalue weighted by Gasteiger charge is 2.31. The molecule has 0 aliphatic heterocycles. The lowest BCUT2D eigenvalue weighted by atomic mass is 10.1. The molecule has 2 aromatic rings. The van der Waals surface area contributed by atoms with Gasteiger partial charge in [-0.3, -0.25) is 4.79 Å². The monoisotopic (exact) mass is 299 g/mol. The molecule has 3 rings (SSSR count). The lowest BCUT2D eigenvalue weighted by Gasteiger charge is -2.15. The fraction of sp³-hybridized carbons (Fsp3) is 0.438. The van der Waals surface area contributed by atoms with Crippen LogP contribution in [0.1, 0.15) is 34.6 Å². The summed E-state index contributed by atoms with van der Waals surface area (Å²) in [6.45, 7) is 4.40. The molecular formula is C16H21N5O. The Bertz CT molecular complexity index is 672. The highest BCUT2D eigenvalue weighted by Crippen LogP contribution is 2.32. The van der Waals surface area contributed by atoms with Gasteiger partial charge in [0.2, 0.25) is 0 Å². The first-order valence-electron chi connectivity index (χ1n) is 7.59. The highest BCUT2D eigenvalue weighted by atomic mass is 16.1. The number of aromatic nitrogens is 3. The summed E-state index contributed by atoms with van der Waals surface area (Å²) in [6, 6.07) is 5.64. The summed E-state index contributed by atoms with van der Waals surface area (Å²) in [4.78, 5) is 16.6. The minimum absolute atomic E-state index is 0.0724. The smallest absolute Gasteiger partial charge is 0.253 e. The number of hydrogen-bond donors (Lipinski definition) is 2. The van der Waals surface area contributed by atoms with Crippen LogP contribution in [0.15, 0.2) is 24.4 Å². The Labute approximate surface area is 129 Å². The molecule has 22 heavy (non-hydrogen) atoms. The van der Waals surface area contributed by atoms with Crippen molar-refractivity contribution in [1.29, 1.82) is 0 Å². The second-order valence-electron chi connectivity index (χ2n) is 5.90. The predicted molar refractivity (Wildman–Crippen MR) is 83.9 cm³/mol. The molecule has 116 valence electrons. The van der Waals surface area contributed by atoms with Crippen LogP contribution in [0.2, 0.25) is 0 Å². The number of nitrogens with two attached hydrogens (primary N) is 1. The molecule has 6 nitrogen and oxygen atoms in total. The SMILES string of the molecule is Cc1cc(C)n(-c2ccc(C(=O)NC(CN)C3CC3)cn2)n1. The Kier molecular flexibility index (Phi) is 3.94. The fourth-order valence-electron chi connectivity index (χ4n) is 2.63. The van der Waals surface area contributed by atoms with E-state index < -0.39 is 0 Å². The lowest BCUT2D eigenvalue weighted by Crippen LogP contribution is -2.41. The first kappa shape index (κ1) is 14.7. The number of hydrogen-bond acceptors (Lipinski definition) is 4. The summed E-state index contributed by atoms with van der Waals surface area (Å²) in [5.41, 5.74) is 8.22. The van der Waals surface area contributed by atoms with Crippen molar-refractivity contribution in [3.63, 3.8) is 0 Å². The van der Waals surface area contributed by atoms with Crippen molar-refractivity contribution in [2.45, 2.75) is 32.7 Å². The number of rotatable bonds is 5. The highest BCUT2D eigenvalue weighted by molar-refractivity contribution is 5.94. The van der Waals surface area contributed by atoms with Crippen molar-refractivity contribution in [3.05, 3.63) is 41.3 Å². The van der Waals surface area contributed by atoms with Crippen LogP contribution >= 0.6 is 0 Å². The molecule has 0 aromatic carbocycles. The third-order valence-electron chi connectivity index (χ3n) is 4.00. The number of amides is 1. The quantitative estimate of drug-likeness (QED) is 0.872. The van der Waals surface area contributed by atoms with Gasteiger partial charge in [-0.2, -0.15) is 5.10 Å². The molecule has 0 bridgehead atoms. The van der Waals surface area contributed by atoms with E-state index in [2.05, 4.69) is 15.4 Å². The normalized spacial score (nSPS) is 15.6. The van der Waals surface area contributed by atoms with Crippen molar-refractivity contribution in [1.82, 2.24) is 20.1 Å². The topological polar surface area (TPSA) is 85.8 Å². The summed E-state index contributed by atoms with van der Waals surface area (Å²) >= 11 is 0. The molecule has 1 unspecified atom stereocenters. The number of carbonyl (C=O) groups excluding carboxylic acids is 1. The van der Waals surface area contributed by atoms with E-state index in [0.717, 1.165) is 24.2 Å². The Morgan fingerprint density at radius 3 is 2.73 bits per heavy atom. The van der Waals surface area contributed by atoms with Gasteiger partial charge in [-0.15, -0.1) is 0 Å². The van der Waals surface area contributed by atoms with Gasteiger partial charge in [0.05, 0.1) is 11.3 Å². The molecule has 0 radical (unpaired) electrons. The molecule has 0 saturated heterocycles. The van der Waals surface area contributed by atoms with E-state index in [1.54, 1.807) is 16.9 Å². The molecule has 1 aliphatic carbocycles. The van der Waals surface area contributed by atoms with Crippen LogP contribution in [0.3, 0.4) is 0 Å². The van der Waals surface area contributed by atoms with Gasteiger partial charge in [0.25, 0.3) is 5.91 Å². The average molecular weight is 299 g/mol. The second kappa shape index (κ2) is 5.88. The Morgan fingerprint density at radius 2 is 2.23 bits per heavy atom. The van der Waals surface area contributed by atoms with E-state index in [1.807, 2.05) is 26.0 Å². The molecule has 2 aromatic heterocycles. The van der Waals surface area contributed by atoms with E-state index in [-0.39, 0.29) is 11.9 Å². The summed E-state index contributed by atoms with van der Waals surface area (Å²) in [5.74, 6) is 1.13. The van der Waals surface area contributed by atoms with E-state index in [0.29, 0.717) is 23.8 Å². The summed E-state index contributed by atoms with van der Waals surface area (Å²) in [6.07, 6.45) is 3.89. The number of pyridine rings is 1. The second-order valence-corrected chi connectivity index (χ2v) is 5.90. The van der Waals surface area contributed by atoms with Crippen LogP contribution in [-0.4, -0.2) is 33.3 Å². The van der Waals surface area contributed by atoms with Crippen LogP contribution in [0.5, 0.6) is 0 Å². The summed E-state index contributed by atoms with van der Waals surface area (Å²) < 4.78 is 1.77. The zero-order valence-corrected chi connectivity index (χ0v) is 12.9. The molecule has 1 fully saturated rings. The Morgan fingerprint density at radius 1 is 1.45 bits per heavy atom. The maximum atomic E-state index is 12.2. The van der Waals surface area contributed by atoms with Gasteiger partial charge in [0.1, 0.15) is 0 Å². The maximum absolute atomic E-state index is 12.2. The van der Waals surface area contributed by atoms with Gasteiger partial charge in [0, 0.05) is 24.5 Å². The summed E-state index contributed by atoms with van der Waals surface area (Å²) in [7, 11) is 0. The fourth-order valence-corrected chi connectivity index (χ4v) is 2.63. The van der Waals surface area contributed by atoms with Crippen molar-refractivity contribution in [2.75, 3.05) is 6.54 Å². The standard InChI is InChI=1S/C16H21N5O/c1-10-7-11(2)21(20-10)15-6-5-13(9-18-15)16(22)19-14(8-17)12-3-4-12/h5-7,9,12,14H,3-4,8,17H2,1-2H3,(H,19,22). The molecule has 1 aliphatic rings. The van der Waals surface area contributed by atoms with E-state index in [4.69, 9.17) is 5.73 Å². The minimum Gasteiger partial charge on any atom is -0.348 e. The summed E-state index contributed by atoms with van der Waals surface area (Å²) in [5, 5.41) is 7.38. The van der Waals surface area contributed by atoms with Crippen molar-refractivity contribution >= 4 is 5.91 Å². The van der Waals surface area contributed by atoms with Crippen molar-refractivity contribution in [2.24, 2.45) is 11.7 Å². The van der Waals surface area contributed by atoms with E-state index in [1.165, 1.54) is 0 Å². The molecule has 0 spiro atoms. The predicted octanol–water partition coefficient (Wildman–Crippen LogP) is 1.35. The maximum Gasteiger partial charge on any atom is 0.253 e. The number of nitrogens with one attached hydrogen (secondary N) is 1. The first-order chi connectivity index (χ1) is 10.6. The minimum atomic E-state index is -0.116. The Hall–Kier alpha value is -2.21. The zero-order valence-electron chi connectivity index (χ0n) is 12.9. The van der Waals surface area contributed by atoms with Gasteiger partial charge in [-0.25, -0.2) is 9.67 Å². The lowest BCUT2D eigenvalue weighted by molar-refractivity contribution is 0.0933. The Balaban J connectivity index is 1.73. The molecule has 2 heterocycles. The molecular weight excluding hydrogens is 278 g/mol. The third-order valence-corrected chi connectivity index (χ3v) is 4.00. The molecule has 1 atom stereocenters. The van der Waals surface area contributed by atoms with Crippen LogP contribution in [0, 0.1) is 19.8 Å². The van der Waals surface area contributed by atoms with Crippen LogP contribution in [0.4, 0.5) is 0 Å². The molecule has 6 heteroatoms. The number of aryl methyl sites for hydroxylation is 2. The number of carbonyl (C=O) groups is 1. The van der Waals surface area contributed by atoms with Crippen LogP contribution in [0.25, 0.3) is 5.82 Å². The van der Waals surface area contributed by atoms with Gasteiger partial charge >= 0.3 is 0 Å². The van der Waals surface area contributed by atoms with Gasteiger partial charge < -0.3 is 11.1 Å². The van der Waals surface area contributed by atoms with Gasteiger partial charge in [0.15, 0.2) is 5.82 Å². The van der Waals surface area contributed by atoms with Crippen LogP contribution < -0.4 is 11.1 Å².